The molecule has 1 aromatic rings. The fourth-order valence-corrected chi connectivity index (χ4v) is 1.14. The van der Waals surface area contributed by atoms with Gasteiger partial charge in [0.05, 0.1) is 0 Å². The standard InChI is InChI=1S/C9H11NO3.ClH/c10-3-4-11-7-1-2-8-9(5-7)13-6-12-8;/h1-2,5H,3-4,6,10H2;1H. The average Bonchev–Trinajstić information content (AvgIpc) is 2.61. The molecular weight excluding hydrogens is 206 g/mol. The highest BCUT2D eigenvalue weighted by atomic mass is 35.5. The molecule has 1 aromatic carbocycles. The molecule has 0 aliphatic carbocycles. The van der Waals surface area contributed by atoms with Gasteiger partial charge in [-0.3, -0.25) is 0 Å². The van der Waals surface area contributed by atoms with Crippen LogP contribution < -0.4 is 19.9 Å². The van der Waals surface area contributed by atoms with Gasteiger partial charge in [-0.1, -0.05) is 0 Å². The number of hydrogen-bond acceptors (Lipinski definition) is 4. The van der Waals surface area contributed by atoms with Gasteiger partial charge in [0.2, 0.25) is 6.79 Å². The van der Waals surface area contributed by atoms with Gasteiger partial charge in [0.1, 0.15) is 12.4 Å². The molecule has 0 amide bonds. The van der Waals surface area contributed by atoms with Crippen molar-refractivity contribution >= 4 is 12.4 Å². The molecule has 0 aromatic heterocycles. The quantitative estimate of drug-likeness (QED) is 0.826. The summed E-state index contributed by atoms with van der Waals surface area (Å²) in [6.07, 6.45) is 0. The van der Waals surface area contributed by atoms with Crippen molar-refractivity contribution in [1.82, 2.24) is 0 Å². The summed E-state index contributed by atoms with van der Waals surface area (Å²) < 4.78 is 15.7. The molecule has 0 spiro atoms. The Labute approximate surface area is 88.4 Å². The molecule has 0 saturated heterocycles. The Morgan fingerprint density at radius 2 is 2.07 bits per heavy atom. The number of benzene rings is 1. The molecule has 14 heavy (non-hydrogen) atoms. The molecule has 0 fully saturated rings. The van der Waals surface area contributed by atoms with Gasteiger partial charge in [-0.05, 0) is 12.1 Å². The van der Waals surface area contributed by atoms with Crippen LogP contribution in [-0.4, -0.2) is 19.9 Å². The number of fused-ring (bicyclic) bond motifs is 1. The lowest BCUT2D eigenvalue weighted by Crippen LogP contribution is -2.10. The zero-order chi connectivity index (χ0) is 9.10. The first-order chi connectivity index (χ1) is 6.40. The molecule has 0 saturated carbocycles. The molecule has 5 heteroatoms. The fourth-order valence-electron chi connectivity index (χ4n) is 1.14. The summed E-state index contributed by atoms with van der Waals surface area (Å²) in [6, 6.07) is 5.47. The third-order valence-corrected chi connectivity index (χ3v) is 1.73. The van der Waals surface area contributed by atoms with Gasteiger partial charge in [-0.15, -0.1) is 12.4 Å². The minimum atomic E-state index is 0. The normalized spacial score (nSPS) is 12.1. The van der Waals surface area contributed by atoms with Gasteiger partial charge in [0.25, 0.3) is 0 Å². The first-order valence-electron chi connectivity index (χ1n) is 4.12. The van der Waals surface area contributed by atoms with Crippen LogP contribution in [0.3, 0.4) is 0 Å². The van der Waals surface area contributed by atoms with Gasteiger partial charge in [-0.25, -0.2) is 0 Å². The van der Waals surface area contributed by atoms with E-state index in [4.69, 9.17) is 19.9 Å². The van der Waals surface area contributed by atoms with Gasteiger partial charge in [-0.2, -0.15) is 0 Å². The number of rotatable bonds is 3. The topological polar surface area (TPSA) is 53.7 Å². The molecular formula is C9H12ClNO3. The van der Waals surface area contributed by atoms with Crippen LogP contribution in [0.5, 0.6) is 17.2 Å². The maximum absolute atomic E-state index is 5.32. The second kappa shape index (κ2) is 4.93. The Morgan fingerprint density at radius 1 is 1.29 bits per heavy atom. The van der Waals surface area contributed by atoms with E-state index in [1.54, 1.807) is 6.07 Å². The van der Waals surface area contributed by atoms with Crippen LogP contribution >= 0.6 is 12.4 Å². The van der Waals surface area contributed by atoms with Crippen molar-refractivity contribution in [2.45, 2.75) is 0 Å². The predicted octanol–water partition coefficient (Wildman–Crippen LogP) is 1.17. The molecule has 78 valence electrons. The van der Waals surface area contributed by atoms with E-state index >= 15 is 0 Å². The van der Waals surface area contributed by atoms with E-state index in [1.807, 2.05) is 12.1 Å². The Hall–Kier alpha value is -1.13. The van der Waals surface area contributed by atoms with E-state index in [2.05, 4.69) is 0 Å². The van der Waals surface area contributed by atoms with E-state index in [-0.39, 0.29) is 19.2 Å². The molecule has 0 atom stereocenters. The van der Waals surface area contributed by atoms with Crippen molar-refractivity contribution in [3.8, 4) is 17.2 Å². The first kappa shape index (κ1) is 10.9. The van der Waals surface area contributed by atoms with Crippen LogP contribution in [0.2, 0.25) is 0 Å². The van der Waals surface area contributed by atoms with E-state index in [0.29, 0.717) is 13.2 Å². The number of halogens is 1. The first-order valence-corrected chi connectivity index (χ1v) is 4.12. The largest absolute Gasteiger partial charge is 0.492 e. The fraction of sp³-hybridized carbons (Fsp3) is 0.333. The summed E-state index contributed by atoms with van der Waals surface area (Å²) in [4.78, 5) is 0. The molecule has 0 unspecified atom stereocenters. The van der Waals surface area contributed by atoms with Gasteiger partial charge < -0.3 is 19.9 Å². The highest BCUT2D eigenvalue weighted by Crippen LogP contribution is 2.34. The van der Waals surface area contributed by atoms with E-state index in [9.17, 15) is 0 Å². The second-order valence-electron chi connectivity index (χ2n) is 2.65. The molecule has 1 aliphatic heterocycles. The van der Waals surface area contributed by atoms with Gasteiger partial charge in [0, 0.05) is 12.6 Å². The molecule has 2 N–H and O–H groups in total. The van der Waals surface area contributed by atoms with Crippen LogP contribution in [0.15, 0.2) is 18.2 Å². The lowest BCUT2D eigenvalue weighted by molar-refractivity contribution is 0.174. The molecule has 0 radical (unpaired) electrons. The van der Waals surface area contributed by atoms with Crippen molar-refractivity contribution in [3.05, 3.63) is 18.2 Å². The van der Waals surface area contributed by atoms with Crippen molar-refractivity contribution in [2.24, 2.45) is 5.73 Å². The average molecular weight is 218 g/mol. The van der Waals surface area contributed by atoms with Crippen LogP contribution in [0.4, 0.5) is 0 Å². The molecule has 1 heterocycles. The Morgan fingerprint density at radius 3 is 2.86 bits per heavy atom. The summed E-state index contributed by atoms with van der Waals surface area (Å²) in [5.41, 5.74) is 5.31. The summed E-state index contributed by atoms with van der Waals surface area (Å²) >= 11 is 0. The highest BCUT2D eigenvalue weighted by Gasteiger charge is 2.13. The summed E-state index contributed by atoms with van der Waals surface area (Å²) in [5.74, 6) is 2.25. The van der Waals surface area contributed by atoms with Crippen molar-refractivity contribution < 1.29 is 14.2 Å². The van der Waals surface area contributed by atoms with E-state index < -0.39 is 0 Å². The minimum absolute atomic E-state index is 0. The van der Waals surface area contributed by atoms with Crippen LogP contribution in [0.25, 0.3) is 0 Å². The third kappa shape index (κ3) is 2.21. The monoisotopic (exact) mass is 217 g/mol. The lowest BCUT2D eigenvalue weighted by Gasteiger charge is -2.04. The Balaban J connectivity index is 0.000000980. The van der Waals surface area contributed by atoms with E-state index in [1.165, 1.54) is 0 Å². The number of nitrogens with two attached hydrogens (primary N) is 1. The Kier molecular flexibility index (Phi) is 3.85. The SMILES string of the molecule is Cl.NCCOc1ccc2c(c1)OCO2. The van der Waals surface area contributed by atoms with Crippen molar-refractivity contribution in [3.63, 3.8) is 0 Å². The number of ether oxygens (including phenoxy) is 3. The zero-order valence-electron chi connectivity index (χ0n) is 7.56. The van der Waals surface area contributed by atoms with Crippen LogP contribution in [0, 0.1) is 0 Å². The van der Waals surface area contributed by atoms with Gasteiger partial charge in [0.15, 0.2) is 11.5 Å². The van der Waals surface area contributed by atoms with Gasteiger partial charge >= 0.3 is 0 Å². The maximum Gasteiger partial charge on any atom is 0.231 e. The molecule has 1 aliphatic rings. The molecule has 0 bridgehead atoms. The lowest BCUT2D eigenvalue weighted by atomic mass is 10.3. The highest BCUT2D eigenvalue weighted by molar-refractivity contribution is 5.85. The molecule has 4 nitrogen and oxygen atoms in total. The summed E-state index contributed by atoms with van der Waals surface area (Å²) in [7, 11) is 0. The number of hydrogen-bond donors (Lipinski definition) is 1. The van der Waals surface area contributed by atoms with Crippen molar-refractivity contribution in [2.75, 3.05) is 19.9 Å². The third-order valence-electron chi connectivity index (χ3n) is 1.73. The maximum atomic E-state index is 5.32. The summed E-state index contributed by atoms with van der Waals surface area (Å²) in [6.45, 7) is 1.31. The summed E-state index contributed by atoms with van der Waals surface area (Å²) in [5, 5.41) is 0. The predicted molar refractivity (Wildman–Crippen MR) is 54.4 cm³/mol. The van der Waals surface area contributed by atoms with Crippen molar-refractivity contribution in [1.29, 1.82) is 0 Å². The smallest absolute Gasteiger partial charge is 0.231 e. The molecule has 2 rings (SSSR count). The minimum Gasteiger partial charge on any atom is -0.492 e. The van der Waals surface area contributed by atoms with E-state index in [0.717, 1.165) is 17.2 Å². The van der Waals surface area contributed by atoms with Crippen LogP contribution in [0.1, 0.15) is 0 Å². The second-order valence-corrected chi connectivity index (χ2v) is 2.65. The zero-order valence-corrected chi connectivity index (χ0v) is 8.38. The van der Waals surface area contributed by atoms with Crippen LogP contribution in [-0.2, 0) is 0 Å². The Bertz CT molecular complexity index is 306.